The fourth-order valence-electron chi connectivity index (χ4n) is 2.36. The van der Waals surface area contributed by atoms with Gasteiger partial charge in [0.1, 0.15) is 6.04 Å². The summed E-state index contributed by atoms with van der Waals surface area (Å²) in [5.41, 5.74) is 0. The van der Waals surface area contributed by atoms with Gasteiger partial charge in [-0.25, -0.2) is 20.7 Å². The van der Waals surface area contributed by atoms with E-state index in [-0.39, 0.29) is 12.5 Å². The lowest BCUT2D eigenvalue weighted by Crippen LogP contribution is -2.55. The zero-order valence-corrected chi connectivity index (χ0v) is 10.1. The molecule has 2 bridgehead atoms. The van der Waals surface area contributed by atoms with Crippen molar-refractivity contribution in [1.29, 1.82) is 0 Å². The van der Waals surface area contributed by atoms with Crippen molar-refractivity contribution in [1.82, 2.24) is 15.0 Å². The Bertz CT molecular complexity index is 399. The van der Waals surface area contributed by atoms with Gasteiger partial charge in [-0.2, -0.15) is 0 Å². The number of urea groups is 1. The molecule has 8 heteroatoms. The van der Waals surface area contributed by atoms with Crippen molar-refractivity contribution in [3.63, 3.8) is 0 Å². The number of hydroxylamine groups is 2. The van der Waals surface area contributed by atoms with E-state index in [1.165, 1.54) is 4.90 Å². The van der Waals surface area contributed by atoms with Crippen LogP contribution in [0.5, 0.6) is 0 Å². The van der Waals surface area contributed by atoms with Gasteiger partial charge in [-0.1, -0.05) is 6.92 Å². The third-order valence-electron chi connectivity index (χ3n) is 3.44. The van der Waals surface area contributed by atoms with Gasteiger partial charge in [-0.05, 0) is 12.8 Å². The molecule has 0 aromatic carbocycles. The van der Waals surface area contributed by atoms with Crippen molar-refractivity contribution in [2.75, 3.05) is 6.54 Å². The lowest BCUT2D eigenvalue weighted by Gasteiger charge is -2.31. The summed E-state index contributed by atoms with van der Waals surface area (Å²) in [6.07, 6.45) is 1.04. The summed E-state index contributed by atoms with van der Waals surface area (Å²) in [5, 5.41) is 10.7. The van der Waals surface area contributed by atoms with E-state index in [1.807, 2.05) is 0 Å². The molecule has 2 aliphatic heterocycles. The fourth-order valence-corrected chi connectivity index (χ4v) is 2.36. The van der Waals surface area contributed by atoms with Crippen molar-refractivity contribution in [3.8, 4) is 0 Å². The first kappa shape index (κ1) is 12.8. The molecular weight excluding hydrogens is 240 g/mol. The molecule has 18 heavy (non-hydrogen) atoms. The van der Waals surface area contributed by atoms with Crippen LogP contribution in [0.1, 0.15) is 26.2 Å². The quantitative estimate of drug-likeness (QED) is 0.293. The predicted molar refractivity (Wildman–Crippen MR) is 58.9 cm³/mol. The van der Waals surface area contributed by atoms with Crippen molar-refractivity contribution < 1.29 is 19.6 Å². The average Bonchev–Trinajstić information content (AvgIpc) is 2.61. The molecule has 2 aliphatic rings. The van der Waals surface area contributed by atoms with Gasteiger partial charge >= 0.3 is 6.03 Å². The molecular formula is C10H16N4O4. The maximum Gasteiger partial charge on any atom is 0.344 e. The Morgan fingerprint density at radius 1 is 1.50 bits per heavy atom. The van der Waals surface area contributed by atoms with Crippen molar-refractivity contribution in [3.05, 3.63) is 0 Å². The molecule has 8 nitrogen and oxygen atoms in total. The summed E-state index contributed by atoms with van der Waals surface area (Å²) in [6, 6.07) is -1.63. The molecule has 0 radical (unpaired) electrons. The zero-order chi connectivity index (χ0) is 13.4. The smallest absolute Gasteiger partial charge is 0.309 e. The van der Waals surface area contributed by atoms with Gasteiger partial charge in [0.25, 0.3) is 5.91 Å². The van der Waals surface area contributed by atoms with Crippen LogP contribution >= 0.6 is 0 Å². The average molecular weight is 256 g/mol. The molecule has 0 aromatic rings. The van der Waals surface area contributed by atoms with Gasteiger partial charge < -0.3 is 4.90 Å². The van der Waals surface area contributed by atoms with E-state index in [2.05, 4.69) is 0 Å². The number of hydrogen-bond donors (Lipinski definition) is 2. The Kier molecular flexibility index (Phi) is 3.22. The molecule has 2 heterocycles. The largest absolute Gasteiger partial charge is 0.344 e. The molecule has 0 spiro atoms. The highest BCUT2D eigenvalue weighted by Gasteiger charge is 2.47. The summed E-state index contributed by atoms with van der Waals surface area (Å²) < 4.78 is 0. The number of hydrogen-bond acceptors (Lipinski definition) is 5. The molecule has 100 valence electrons. The second kappa shape index (κ2) is 4.54. The third kappa shape index (κ3) is 1.83. The number of imide groups is 1. The van der Waals surface area contributed by atoms with Crippen LogP contribution in [0.3, 0.4) is 0 Å². The molecule has 4 amide bonds. The molecule has 2 atom stereocenters. The highest BCUT2D eigenvalue weighted by atomic mass is 16.5. The SMILES string of the molecule is CCC(=O)N(N)C(=O)[C@@H]1CC[C@@H]2CN1C(=O)N2O. The van der Waals surface area contributed by atoms with Crippen molar-refractivity contribution >= 4 is 17.8 Å². The van der Waals surface area contributed by atoms with Gasteiger partial charge in [0, 0.05) is 13.0 Å². The Morgan fingerprint density at radius 3 is 2.78 bits per heavy atom. The number of carbonyl (C=O) groups excluding carboxylic acids is 3. The minimum absolute atomic E-state index is 0.123. The zero-order valence-electron chi connectivity index (χ0n) is 10.1. The van der Waals surface area contributed by atoms with Crippen LogP contribution in [-0.2, 0) is 9.59 Å². The van der Waals surface area contributed by atoms with Gasteiger partial charge in [0.15, 0.2) is 0 Å². The molecule has 2 rings (SSSR count). The number of amides is 4. The molecule has 2 saturated heterocycles. The number of piperidine rings is 1. The number of nitrogens with zero attached hydrogens (tertiary/aromatic N) is 3. The van der Waals surface area contributed by atoms with E-state index >= 15 is 0 Å². The van der Waals surface area contributed by atoms with E-state index in [9.17, 15) is 19.6 Å². The van der Waals surface area contributed by atoms with Crippen LogP contribution in [0, 0.1) is 0 Å². The van der Waals surface area contributed by atoms with Crippen LogP contribution in [0.2, 0.25) is 0 Å². The fraction of sp³-hybridized carbons (Fsp3) is 0.700. The number of carbonyl (C=O) groups is 3. The van der Waals surface area contributed by atoms with Crippen LogP contribution in [0.4, 0.5) is 4.79 Å². The maximum atomic E-state index is 12.0. The topological polar surface area (TPSA) is 107 Å². The number of hydrazine groups is 1. The molecule has 0 aromatic heterocycles. The summed E-state index contributed by atoms with van der Waals surface area (Å²) in [7, 11) is 0. The van der Waals surface area contributed by atoms with Gasteiger partial charge in [0.2, 0.25) is 5.91 Å². The standard InChI is InChI=1S/C10H16N4O4/c1-2-8(15)13(11)9(16)7-4-3-6-5-12(7)10(17)14(6)18/h6-7,18H,2-5,11H2,1H3/t6-,7+/m1/s1. The van der Waals surface area contributed by atoms with Gasteiger partial charge in [-0.3, -0.25) is 14.8 Å². The molecule has 0 unspecified atom stereocenters. The Hall–Kier alpha value is -1.67. The molecule has 0 saturated carbocycles. The number of fused-ring (bicyclic) bond motifs is 2. The van der Waals surface area contributed by atoms with Crippen molar-refractivity contribution in [2.24, 2.45) is 5.84 Å². The van der Waals surface area contributed by atoms with E-state index in [4.69, 9.17) is 5.84 Å². The van der Waals surface area contributed by atoms with Gasteiger partial charge in [-0.15, -0.1) is 0 Å². The third-order valence-corrected chi connectivity index (χ3v) is 3.44. The lowest BCUT2D eigenvalue weighted by atomic mass is 10.00. The van der Waals surface area contributed by atoms with Crippen molar-refractivity contribution in [2.45, 2.75) is 38.3 Å². The molecule has 3 N–H and O–H groups in total. The molecule has 0 aliphatic carbocycles. The second-order valence-corrected chi connectivity index (χ2v) is 4.48. The van der Waals surface area contributed by atoms with Crippen LogP contribution < -0.4 is 5.84 Å². The first-order valence-electron chi connectivity index (χ1n) is 5.87. The summed E-state index contributed by atoms with van der Waals surface area (Å²) in [4.78, 5) is 36.3. The van der Waals surface area contributed by atoms with Gasteiger partial charge in [0.05, 0.1) is 6.04 Å². The second-order valence-electron chi connectivity index (χ2n) is 4.48. The minimum Gasteiger partial charge on any atom is -0.309 e. The normalized spacial score (nSPS) is 26.5. The maximum absolute atomic E-state index is 12.0. The highest BCUT2D eigenvalue weighted by molar-refractivity contribution is 5.98. The minimum atomic E-state index is -0.758. The van der Waals surface area contributed by atoms with E-state index in [0.717, 1.165) is 0 Å². The Balaban J connectivity index is 2.13. The first-order valence-corrected chi connectivity index (χ1v) is 5.87. The van der Waals surface area contributed by atoms with Crippen LogP contribution in [-0.4, -0.2) is 56.7 Å². The Labute approximate surface area is 104 Å². The summed E-state index contributed by atoms with van der Waals surface area (Å²) in [5.74, 6) is 4.35. The van der Waals surface area contributed by atoms with Crippen LogP contribution in [0.25, 0.3) is 0 Å². The number of rotatable bonds is 2. The monoisotopic (exact) mass is 256 g/mol. The molecule has 2 fully saturated rings. The lowest BCUT2D eigenvalue weighted by molar-refractivity contribution is -0.148. The summed E-state index contributed by atoms with van der Waals surface area (Å²) in [6.45, 7) is 1.89. The van der Waals surface area contributed by atoms with E-state index in [0.29, 0.717) is 29.5 Å². The summed E-state index contributed by atoms with van der Waals surface area (Å²) >= 11 is 0. The Morgan fingerprint density at radius 2 is 2.17 bits per heavy atom. The van der Waals surface area contributed by atoms with E-state index in [1.54, 1.807) is 6.92 Å². The first-order chi connectivity index (χ1) is 8.47. The number of nitrogens with two attached hydrogens (primary N) is 1. The van der Waals surface area contributed by atoms with E-state index < -0.39 is 23.9 Å². The predicted octanol–water partition coefficient (Wildman–Crippen LogP) is -0.717. The van der Waals surface area contributed by atoms with Crippen LogP contribution in [0.15, 0.2) is 0 Å². The highest BCUT2D eigenvalue weighted by Crippen LogP contribution is 2.29.